The Bertz CT molecular complexity index is 1130. The fraction of sp³-hybridized carbons (Fsp3) is 0.833. The minimum atomic E-state index is -1.58. The Hall–Kier alpha value is -1.85. The average Bonchev–Trinajstić information content (AvgIpc) is 3.28. The van der Waals surface area contributed by atoms with Crippen molar-refractivity contribution in [1.82, 2.24) is 5.32 Å². The van der Waals surface area contributed by atoms with Gasteiger partial charge in [0, 0.05) is 6.42 Å². The summed E-state index contributed by atoms with van der Waals surface area (Å²) in [4.78, 5) is 13.0. The molecule has 368 valence electrons. The molecule has 0 aromatic rings. The third-order valence-electron chi connectivity index (χ3n) is 12.4. The molecule has 1 heterocycles. The van der Waals surface area contributed by atoms with Gasteiger partial charge in [0.1, 0.15) is 24.4 Å². The summed E-state index contributed by atoms with van der Waals surface area (Å²) in [5, 5.41) is 54.3. The quantitative estimate of drug-likeness (QED) is 0.0262. The predicted octanol–water partition coefficient (Wildman–Crippen LogP) is 12.2. The number of aliphatic hydroxyl groups excluding tert-OH is 5. The van der Waals surface area contributed by atoms with Crippen LogP contribution in [0.3, 0.4) is 0 Å². The van der Waals surface area contributed by atoms with E-state index in [1.807, 2.05) is 6.08 Å². The standard InChI is InChI=1S/C54H99NO8/c1-3-5-7-9-11-13-15-17-19-21-23-24-26-28-30-32-34-36-38-40-42-44-50(58)55-47(46-62-54-53(61)52(60)51(59)49(45-56)63-54)48(57)43-41-39-37-35-33-31-29-27-25-22-20-18-16-14-12-10-8-6-4-2/h24-27,33,35,41,43,47-49,51-54,56-57,59-61H,3-23,28-32,34,36-40,42,44-46H2,1-2H3,(H,55,58)/b26-24-,27-25+,35-33+,43-41+. The first-order chi connectivity index (χ1) is 30.8. The number of nitrogens with one attached hydrogen (secondary N) is 1. The molecule has 1 aliphatic heterocycles. The van der Waals surface area contributed by atoms with Gasteiger partial charge in [-0.1, -0.05) is 204 Å². The Morgan fingerprint density at radius 2 is 0.905 bits per heavy atom. The van der Waals surface area contributed by atoms with Gasteiger partial charge in [0.05, 0.1) is 25.4 Å². The fourth-order valence-electron chi connectivity index (χ4n) is 8.12. The normalized spacial score (nSPS) is 20.5. The topological polar surface area (TPSA) is 149 Å². The molecule has 1 rings (SSSR count). The van der Waals surface area contributed by atoms with Crippen molar-refractivity contribution in [3.63, 3.8) is 0 Å². The van der Waals surface area contributed by atoms with Gasteiger partial charge < -0.3 is 40.3 Å². The van der Waals surface area contributed by atoms with Gasteiger partial charge in [-0.3, -0.25) is 4.79 Å². The van der Waals surface area contributed by atoms with Crippen molar-refractivity contribution in [2.45, 2.75) is 275 Å². The molecule has 1 fully saturated rings. The van der Waals surface area contributed by atoms with Crippen LogP contribution in [0.4, 0.5) is 0 Å². The van der Waals surface area contributed by atoms with Crippen LogP contribution >= 0.6 is 0 Å². The van der Waals surface area contributed by atoms with Gasteiger partial charge in [0.15, 0.2) is 6.29 Å². The van der Waals surface area contributed by atoms with Crippen LogP contribution in [-0.4, -0.2) is 87.5 Å². The molecule has 7 unspecified atom stereocenters. The smallest absolute Gasteiger partial charge is 0.220 e. The van der Waals surface area contributed by atoms with E-state index in [2.05, 4.69) is 55.6 Å². The molecule has 0 radical (unpaired) electrons. The highest BCUT2D eigenvalue weighted by Gasteiger charge is 2.44. The number of allylic oxidation sites excluding steroid dienone is 7. The molecule has 1 amide bonds. The van der Waals surface area contributed by atoms with E-state index in [0.29, 0.717) is 6.42 Å². The highest BCUT2D eigenvalue weighted by atomic mass is 16.7. The second kappa shape index (κ2) is 44.0. The zero-order valence-corrected chi connectivity index (χ0v) is 40.6. The maximum atomic E-state index is 13.0. The van der Waals surface area contributed by atoms with Crippen LogP contribution in [-0.2, 0) is 14.3 Å². The number of carbonyl (C=O) groups excluding carboxylic acids is 1. The molecular formula is C54H99NO8. The molecule has 7 atom stereocenters. The van der Waals surface area contributed by atoms with Crippen molar-refractivity contribution in [2.75, 3.05) is 13.2 Å². The first-order valence-corrected chi connectivity index (χ1v) is 26.4. The highest BCUT2D eigenvalue weighted by Crippen LogP contribution is 2.23. The third-order valence-corrected chi connectivity index (χ3v) is 12.4. The second-order valence-electron chi connectivity index (χ2n) is 18.3. The zero-order chi connectivity index (χ0) is 45.9. The number of unbranched alkanes of at least 4 members (excludes halogenated alkanes) is 28. The van der Waals surface area contributed by atoms with Gasteiger partial charge in [-0.15, -0.1) is 0 Å². The van der Waals surface area contributed by atoms with Crippen LogP contribution in [0.25, 0.3) is 0 Å². The largest absolute Gasteiger partial charge is 0.394 e. The maximum Gasteiger partial charge on any atom is 0.220 e. The van der Waals surface area contributed by atoms with E-state index in [9.17, 15) is 30.3 Å². The molecule has 0 bridgehead atoms. The number of carbonyl (C=O) groups is 1. The first kappa shape index (κ1) is 59.2. The van der Waals surface area contributed by atoms with Crippen LogP contribution in [0.5, 0.6) is 0 Å². The van der Waals surface area contributed by atoms with Crippen molar-refractivity contribution in [2.24, 2.45) is 0 Å². The van der Waals surface area contributed by atoms with Crippen molar-refractivity contribution in [3.05, 3.63) is 48.6 Å². The molecule has 1 saturated heterocycles. The summed E-state index contributed by atoms with van der Waals surface area (Å²) in [6.45, 7) is 3.76. The number of hydrogen-bond acceptors (Lipinski definition) is 8. The number of amides is 1. The number of ether oxygens (including phenoxy) is 2. The highest BCUT2D eigenvalue weighted by molar-refractivity contribution is 5.76. The van der Waals surface area contributed by atoms with Gasteiger partial charge in [-0.05, 0) is 70.6 Å². The molecule has 9 heteroatoms. The molecule has 0 aromatic heterocycles. The fourth-order valence-corrected chi connectivity index (χ4v) is 8.12. The number of rotatable bonds is 44. The Kier molecular flexibility index (Phi) is 41.3. The third kappa shape index (κ3) is 34.2. The monoisotopic (exact) mass is 890 g/mol. The summed E-state index contributed by atoms with van der Waals surface area (Å²) in [7, 11) is 0. The van der Waals surface area contributed by atoms with Crippen LogP contribution in [0.15, 0.2) is 48.6 Å². The minimum absolute atomic E-state index is 0.195. The molecule has 9 nitrogen and oxygen atoms in total. The summed E-state index contributed by atoms with van der Waals surface area (Å²) < 4.78 is 11.2. The second-order valence-corrected chi connectivity index (χ2v) is 18.3. The summed E-state index contributed by atoms with van der Waals surface area (Å²) >= 11 is 0. The Morgan fingerprint density at radius 1 is 0.524 bits per heavy atom. The lowest BCUT2D eigenvalue weighted by Crippen LogP contribution is -2.60. The number of hydrogen-bond donors (Lipinski definition) is 6. The molecule has 1 aliphatic rings. The summed E-state index contributed by atoms with van der Waals surface area (Å²) in [6.07, 6.45) is 50.2. The van der Waals surface area contributed by atoms with Crippen molar-refractivity contribution in [3.8, 4) is 0 Å². The van der Waals surface area contributed by atoms with Crippen molar-refractivity contribution >= 4 is 5.91 Å². The molecule has 63 heavy (non-hydrogen) atoms. The Balaban J connectivity index is 2.32. The van der Waals surface area contributed by atoms with Crippen LogP contribution in [0, 0.1) is 0 Å². The van der Waals surface area contributed by atoms with Crippen molar-refractivity contribution < 1.29 is 39.8 Å². The average molecular weight is 890 g/mol. The van der Waals surface area contributed by atoms with Crippen LogP contribution in [0.1, 0.15) is 232 Å². The van der Waals surface area contributed by atoms with Gasteiger partial charge in [-0.2, -0.15) is 0 Å². The minimum Gasteiger partial charge on any atom is -0.394 e. The lowest BCUT2D eigenvalue weighted by atomic mass is 9.99. The summed E-state index contributed by atoms with van der Waals surface area (Å²) in [5.74, 6) is -0.195. The summed E-state index contributed by atoms with van der Waals surface area (Å²) in [5.41, 5.74) is 0. The zero-order valence-electron chi connectivity index (χ0n) is 40.6. The van der Waals surface area contributed by atoms with E-state index in [4.69, 9.17) is 9.47 Å². The van der Waals surface area contributed by atoms with E-state index in [0.717, 1.165) is 57.8 Å². The first-order valence-electron chi connectivity index (χ1n) is 26.4. The molecule has 6 N–H and O–H groups in total. The van der Waals surface area contributed by atoms with Crippen LogP contribution in [0.2, 0.25) is 0 Å². The predicted molar refractivity (Wildman–Crippen MR) is 263 cm³/mol. The van der Waals surface area contributed by atoms with E-state index < -0.39 is 49.5 Å². The number of aliphatic hydroxyl groups is 5. The Morgan fingerprint density at radius 3 is 1.33 bits per heavy atom. The van der Waals surface area contributed by atoms with Gasteiger partial charge in [-0.25, -0.2) is 0 Å². The molecule has 0 aromatic carbocycles. The van der Waals surface area contributed by atoms with Gasteiger partial charge >= 0.3 is 0 Å². The van der Waals surface area contributed by atoms with E-state index in [-0.39, 0.29) is 12.5 Å². The Labute approximate surface area is 386 Å². The maximum absolute atomic E-state index is 13.0. The lowest BCUT2D eigenvalue weighted by molar-refractivity contribution is -0.302. The van der Waals surface area contributed by atoms with Gasteiger partial charge in [0.25, 0.3) is 0 Å². The summed E-state index contributed by atoms with van der Waals surface area (Å²) in [6, 6.07) is -0.831. The van der Waals surface area contributed by atoms with Crippen LogP contribution < -0.4 is 5.32 Å². The molecule has 0 spiro atoms. The molecule has 0 aliphatic carbocycles. The van der Waals surface area contributed by atoms with E-state index in [1.165, 1.54) is 154 Å². The van der Waals surface area contributed by atoms with Crippen molar-refractivity contribution in [1.29, 1.82) is 0 Å². The van der Waals surface area contributed by atoms with E-state index in [1.54, 1.807) is 6.08 Å². The molecule has 0 saturated carbocycles. The van der Waals surface area contributed by atoms with E-state index >= 15 is 0 Å². The molecular weight excluding hydrogens is 791 g/mol. The lowest BCUT2D eigenvalue weighted by Gasteiger charge is -2.40. The SMILES string of the molecule is CCCCCCCCCCC/C=C/CC/C=C/CC/C=C/C(O)C(COC1OC(CO)C(O)C(O)C1O)NC(=O)CCCCCCCCC/C=C\CCCCCCCCCCCC. The van der Waals surface area contributed by atoms with Gasteiger partial charge in [0.2, 0.25) is 5.91 Å².